The average molecular weight is 386 g/mol. The standard InChI is InChI=1S/C14H14Br2N2O/c15-11-8-13(16)14(19)18(9-11)6-2-4-10-3-1-5-12(17)7-10/h1,3,5,7-9H,2,4,6,17H2. The van der Waals surface area contributed by atoms with Gasteiger partial charge in [0.15, 0.2) is 0 Å². The van der Waals surface area contributed by atoms with Gasteiger partial charge >= 0.3 is 0 Å². The zero-order chi connectivity index (χ0) is 13.8. The summed E-state index contributed by atoms with van der Waals surface area (Å²) in [5.74, 6) is 0. The number of anilines is 1. The summed E-state index contributed by atoms with van der Waals surface area (Å²) in [5, 5.41) is 0. The van der Waals surface area contributed by atoms with E-state index in [1.165, 1.54) is 5.56 Å². The van der Waals surface area contributed by atoms with Crippen molar-refractivity contribution in [2.75, 3.05) is 5.73 Å². The van der Waals surface area contributed by atoms with Crippen molar-refractivity contribution in [3.63, 3.8) is 0 Å². The van der Waals surface area contributed by atoms with E-state index in [9.17, 15) is 4.79 Å². The molecule has 0 saturated carbocycles. The van der Waals surface area contributed by atoms with Gasteiger partial charge in [0.2, 0.25) is 0 Å². The summed E-state index contributed by atoms with van der Waals surface area (Å²) in [6.07, 6.45) is 3.61. The second-order valence-corrected chi connectivity index (χ2v) is 6.12. The lowest BCUT2D eigenvalue weighted by Gasteiger charge is -2.07. The second kappa shape index (κ2) is 6.39. The van der Waals surface area contributed by atoms with Gasteiger partial charge in [0.25, 0.3) is 5.56 Å². The van der Waals surface area contributed by atoms with Gasteiger partial charge < -0.3 is 10.3 Å². The first-order valence-electron chi connectivity index (χ1n) is 5.96. The highest BCUT2D eigenvalue weighted by Crippen LogP contribution is 2.14. The van der Waals surface area contributed by atoms with Gasteiger partial charge in [-0.05, 0) is 68.5 Å². The topological polar surface area (TPSA) is 48.0 Å². The summed E-state index contributed by atoms with van der Waals surface area (Å²) in [6.45, 7) is 0.686. The number of nitrogen functional groups attached to an aromatic ring is 1. The molecule has 0 bridgehead atoms. The van der Waals surface area contributed by atoms with Gasteiger partial charge in [0.05, 0.1) is 4.47 Å². The van der Waals surface area contributed by atoms with Gasteiger partial charge in [-0.1, -0.05) is 12.1 Å². The van der Waals surface area contributed by atoms with Crippen molar-refractivity contribution in [2.24, 2.45) is 0 Å². The molecule has 0 unspecified atom stereocenters. The lowest BCUT2D eigenvalue weighted by molar-refractivity contribution is 0.619. The molecule has 2 aromatic rings. The van der Waals surface area contributed by atoms with Crippen molar-refractivity contribution in [2.45, 2.75) is 19.4 Å². The Morgan fingerprint density at radius 2 is 2.00 bits per heavy atom. The maximum absolute atomic E-state index is 11.9. The fraction of sp³-hybridized carbons (Fsp3) is 0.214. The summed E-state index contributed by atoms with van der Waals surface area (Å²) < 4.78 is 3.18. The van der Waals surface area contributed by atoms with Gasteiger partial charge in [-0.3, -0.25) is 4.79 Å². The molecule has 1 aromatic heterocycles. The smallest absolute Gasteiger partial charge is 0.264 e. The fourth-order valence-electron chi connectivity index (χ4n) is 1.93. The molecule has 2 rings (SSSR count). The first kappa shape index (κ1) is 14.3. The van der Waals surface area contributed by atoms with E-state index in [0.29, 0.717) is 11.0 Å². The number of hydrogen-bond donors (Lipinski definition) is 1. The Morgan fingerprint density at radius 1 is 1.21 bits per heavy atom. The molecule has 0 spiro atoms. The molecule has 1 aromatic carbocycles. The normalized spacial score (nSPS) is 10.6. The van der Waals surface area contributed by atoms with Crippen LogP contribution in [-0.2, 0) is 13.0 Å². The predicted molar refractivity (Wildman–Crippen MR) is 85.3 cm³/mol. The Hall–Kier alpha value is -1.07. The molecule has 0 fully saturated rings. The van der Waals surface area contributed by atoms with E-state index in [1.54, 1.807) is 10.6 Å². The number of aromatic nitrogens is 1. The van der Waals surface area contributed by atoms with Crippen molar-refractivity contribution in [3.05, 3.63) is 61.4 Å². The SMILES string of the molecule is Nc1cccc(CCCn2cc(Br)cc(Br)c2=O)c1. The van der Waals surface area contributed by atoms with E-state index in [4.69, 9.17) is 5.73 Å². The highest BCUT2D eigenvalue weighted by molar-refractivity contribution is 9.11. The molecule has 5 heteroatoms. The Balaban J connectivity index is 2.02. The Labute approximate surface area is 128 Å². The van der Waals surface area contributed by atoms with Crippen LogP contribution < -0.4 is 11.3 Å². The minimum atomic E-state index is -0.00391. The number of pyridine rings is 1. The number of benzene rings is 1. The molecule has 3 nitrogen and oxygen atoms in total. The highest BCUT2D eigenvalue weighted by atomic mass is 79.9. The van der Waals surface area contributed by atoms with E-state index in [0.717, 1.165) is 23.0 Å². The summed E-state index contributed by atoms with van der Waals surface area (Å²) in [5.41, 5.74) is 7.71. The van der Waals surface area contributed by atoms with E-state index in [1.807, 2.05) is 24.4 Å². The van der Waals surface area contributed by atoms with E-state index < -0.39 is 0 Å². The summed E-state index contributed by atoms with van der Waals surface area (Å²) in [6, 6.07) is 9.61. The van der Waals surface area contributed by atoms with Crippen LogP contribution in [0.25, 0.3) is 0 Å². The van der Waals surface area contributed by atoms with Crippen LogP contribution in [0.15, 0.2) is 50.3 Å². The molecule has 19 heavy (non-hydrogen) atoms. The molecule has 2 N–H and O–H groups in total. The number of nitrogens with zero attached hydrogens (tertiary/aromatic N) is 1. The minimum absolute atomic E-state index is 0.00391. The predicted octanol–water partition coefficient (Wildman–Crippen LogP) is 3.59. The third-order valence-electron chi connectivity index (χ3n) is 2.82. The van der Waals surface area contributed by atoms with Gasteiger partial charge in [-0.2, -0.15) is 0 Å². The maximum atomic E-state index is 11.9. The second-order valence-electron chi connectivity index (χ2n) is 4.35. The molecule has 0 saturated heterocycles. The van der Waals surface area contributed by atoms with Gasteiger partial charge in [0.1, 0.15) is 0 Å². The third-order valence-corrected chi connectivity index (χ3v) is 3.83. The zero-order valence-electron chi connectivity index (χ0n) is 10.3. The maximum Gasteiger partial charge on any atom is 0.264 e. The summed E-state index contributed by atoms with van der Waals surface area (Å²) in [4.78, 5) is 11.9. The minimum Gasteiger partial charge on any atom is -0.399 e. The molecule has 0 radical (unpaired) electrons. The van der Waals surface area contributed by atoms with Crippen LogP contribution in [0, 0.1) is 0 Å². The average Bonchev–Trinajstić information content (AvgIpc) is 2.35. The largest absolute Gasteiger partial charge is 0.399 e. The van der Waals surface area contributed by atoms with Gasteiger partial charge in [-0.25, -0.2) is 0 Å². The fourth-order valence-corrected chi connectivity index (χ4v) is 3.19. The van der Waals surface area contributed by atoms with Gasteiger partial charge in [-0.15, -0.1) is 0 Å². The molecule has 0 aliphatic rings. The lowest BCUT2D eigenvalue weighted by atomic mass is 10.1. The molecular formula is C14H14Br2N2O. The lowest BCUT2D eigenvalue weighted by Crippen LogP contribution is -2.20. The third kappa shape index (κ3) is 3.94. The molecule has 100 valence electrons. The first-order valence-corrected chi connectivity index (χ1v) is 7.55. The number of rotatable bonds is 4. The van der Waals surface area contributed by atoms with Crippen LogP contribution in [0.3, 0.4) is 0 Å². The number of hydrogen-bond acceptors (Lipinski definition) is 2. The van der Waals surface area contributed by atoms with Crippen LogP contribution >= 0.6 is 31.9 Å². The number of halogens is 2. The molecule has 0 aliphatic heterocycles. The van der Waals surface area contributed by atoms with Crippen molar-refractivity contribution < 1.29 is 0 Å². The molecule has 0 atom stereocenters. The molecule has 1 heterocycles. The Bertz CT molecular complexity index is 638. The van der Waals surface area contributed by atoms with Crippen molar-refractivity contribution in [1.29, 1.82) is 0 Å². The summed E-state index contributed by atoms with van der Waals surface area (Å²) in [7, 11) is 0. The van der Waals surface area contributed by atoms with Crippen molar-refractivity contribution in [3.8, 4) is 0 Å². The Morgan fingerprint density at radius 3 is 2.74 bits per heavy atom. The number of nitrogens with two attached hydrogens (primary N) is 1. The van der Waals surface area contributed by atoms with E-state index in [-0.39, 0.29) is 5.56 Å². The Kier molecular flexibility index (Phi) is 4.82. The van der Waals surface area contributed by atoms with Crippen LogP contribution in [0.2, 0.25) is 0 Å². The molecule has 0 amide bonds. The first-order chi connectivity index (χ1) is 9.06. The number of aryl methyl sites for hydroxylation is 2. The monoisotopic (exact) mass is 384 g/mol. The van der Waals surface area contributed by atoms with Crippen molar-refractivity contribution >= 4 is 37.5 Å². The molecule has 0 aliphatic carbocycles. The van der Waals surface area contributed by atoms with E-state index >= 15 is 0 Å². The van der Waals surface area contributed by atoms with E-state index in [2.05, 4.69) is 37.9 Å². The summed E-state index contributed by atoms with van der Waals surface area (Å²) >= 11 is 6.65. The molecular weight excluding hydrogens is 372 g/mol. The van der Waals surface area contributed by atoms with Crippen molar-refractivity contribution in [1.82, 2.24) is 4.57 Å². The quantitative estimate of drug-likeness (QED) is 0.817. The van der Waals surface area contributed by atoms with Crippen LogP contribution in [-0.4, -0.2) is 4.57 Å². The van der Waals surface area contributed by atoms with Crippen LogP contribution in [0.1, 0.15) is 12.0 Å². The van der Waals surface area contributed by atoms with Gasteiger partial charge in [0, 0.05) is 22.9 Å². The zero-order valence-corrected chi connectivity index (χ0v) is 13.4. The highest BCUT2D eigenvalue weighted by Gasteiger charge is 2.03. The van der Waals surface area contributed by atoms with Crippen LogP contribution in [0.4, 0.5) is 5.69 Å². The van der Waals surface area contributed by atoms with Crippen LogP contribution in [0.5, 0.6) is 0 Å².